The van der Waals surface area contributed by atoms with Gasteiger partial charge in [0.15, 0.2) is 0 Å². The molecule has 1 saturated heterocycles. The molecule has 0 spiro atoms. The van der Waals surface area contributed by atoms with Gasteiger partial charge in [-0.3, -0.25) is 0 Å². The van der Waals surface area contributed by atoms with Crippen LogP contribution in [0, 0.1) is 16.7 Å². The fraction of sp³-hybridized carbons (Fsp3) is 0.462. The lowest BCUT2D eigenvalue weighted by Crippen LogP contribution is -2.36. The van der Waals surface area contributed by atoms with Crippen molar-refractivity contribution in [2.24, 2.45) is 5.41 Å². The molecule has 0 amide bonds. The van der Waals surface area contributed by atoms with Crippen molar-refractivity contribution in [1.29, 1.82) is 5.26 Å². The molecule has 2 rings (SSSR count). The second-order valence-electron chi connectivity index (χ2n) is 4.50. The number of nitriles is 1. The topological polar surface area (TPSA) is 53.2 Å². The van der Waals surface area contributed by atoms with Crippen LogP contribution in [0.25, 0.3) is 0 Å². The molecule has 1 aliphatic rings. The van der Waals surface area contributed by atoms with E-state index in [4.69, 9.17) is 16.3 Å². The Bertz CT molecular complexity index is 480. The summed E-state index contributed by atoms with van der Waals surface area (Å²) >= 11 is 9.24. The van der Waals surface area contributed by atoms with Crippen LogP contribution in [0.3, 0.4) is 0 Å². The molecule has 1 heterocycles. The molecule has 2 atom stereocenters. The zero-order valence-corrected chi connectivity index (χ0v) is 12.0. The number of halogens is 2. The van der Waals surface area contributed by atoms with Crippen LogP contribution < -0.4 is 0 Å². The summed E-state index contributed by atoms with van der Waals surface area (Å²) in [6.45, 7) is 0.922. The fourth-order valence-electron chi connectivity index (χ4n) is 2.18. The standard InChI is InChI=1S/C13H13BrClNO2/c14-10-6-9(2-3-11(10)15)12(17)13(7-16)4-1-5-18-8-13/h2-3,6,12,17H,1,4-5,8H2. The largest absolute Gasteiger partial charge is 0.387 e. The van der Waals surface area contributed by atoms with E-state index in [0.717, 1.165) is 6.42 Å². The van der Waals surface area contributed by atoms with Crippen LogP contribution in [0.4, 0.5) is 0 Å². The number of nitrogens with zero attached hydrogens (tertiary/aromatic N) is 1. The molecule has 1 fully saturated rings. The smallest absolute Gasteiger partial charge is 0.111 e. The van der Waals surface area contributed by atoms with Crippen molar-refractivity contribution in [3.05, 3.63) is 33.3 Å². The number of ether oxygens (including phenoxy) is 1. The van der Waals surface area contributed by atoms with Crippen molar-refractivity contribution < 1.29 is 9.84 Å². The summed E-state index contributed by atoms with van der Waals surface area (Å²) in [6, 6.07) is 7.43. The number of aliphatic hydroxyl groups excluding tert-OH is 1. The maximum Gasteiger partial charge on any atom is 0.111 e. The van der Waals surface area contributed by atoms with Crippen molar-refractivity contribution in [3.63, 3.8) is 0 Å². The predicted molar refractivity (Wildman–Crippen MR) is 72.2 cm³/mol. The summed E-state index contributed by atoms with van der Waals surface area (Å²) in [5.41, 5.74) is -0.177. The van der Waals surface area contributed by atoms with Crippen molar-refractivity contribution in [2.45, 2.75) is 18.9 Å². The SMILES string of the molecule is N#CC1(C(O)c2ccc(Cl)c(Br)c2)CCCOC1. The molecule has 1 aromatic rings. The highest BCUT2D eigenvalue weighted by molar-refractivity contribution is 9.10. The third-order valence-corrected chi connectivity index (χ3v) is 4.49. The van der Waals surface area contributed by atoms with Gasteiger partial charge in [0.1, 0.15) is 5.41 Å². The molecule has 1 N–H and O–H groups in total. The maximum absolute atomic E-state index is 10.4. The van der Waals surface area contributed by atoms with Crippen LogP contribution in [-0.4, -0.2) is 18.3 Å². The Hall–Kier alpha value is -0.600. The van der Waals surface area contributed by atoms with Gasteiger partial charge in [0.25, 0.3) is 0 Å². The van der Waals surface area contributed by atoms with E-state index in [2.05, 4.69) is 22.0 Å². The van der Waals surface area contributed by atoms with Gasteiger partial charge in [0.2, 0.25) is 0 Å². The van der Waals surface area contributed by atoms with E-state index in [-0.39, 0.29) is 6.61 Å². The second-order valence-corrected chi connectivity index (χ2v) is 5.76. The molecule has 0 aromatic heterocycles. The average molecular weight is 331 g/mol. The fourth-order valence-corrected chi connectivity index (χ4v) is 2.70. The molecular formula is C13H13BrClNO2. The van der Waals surface area contributed by atoms with Gasteiger partial charge in [-0.05, 0) is 46.5 Å². The van der Waals surface area contributed by atoms with Crippen LogP contribution in [0.15, 0.2) is 22.7 Å². The highest BCUT2D eigenvalue weighted by Gasteiger charge is 2.41. The first-order valence-corrected chi connectivity index (χ1v) is 6.88. The number of rotatable bonds is 2. The van der Waals surface area contributed by atoms with Crippen molar-refractivity contribution in [2.75, 3.05) is 13.2 Å². The Morgan fingerprint density at radius 1 is 1.56 bits per heavy atom. The Labute approximate surface area is 119 Å². The first-order valence-electron chi connectivity index (χ1n) is 5.71. The van der Waals surface area contributed by atoms with Gasteiger partial charge in [-0.15, -0.1) is 0 Å². The first kappa shape index (κ1) is 13.8. The van der Waals surface area contributed by atoms with Crippen LogP contribution in [0.5, 0.6) is 0 Å². The minimum atomic E-state index is -0.864. The molecule has 2 unspecified atom stereocenters. The van der Waals surface area contributed by atoms with E-state index in [9.17, 15) is 10.4 Å². The maximum atomic E-state index is 10.4. The number of benzene rings is 1. The Balaban J connectivity index is 2.31. The van der Waals surface area contributed by atoms with Gasteiger partial charge in [-0.2, -0.15) is 5.26 Å². The lowest BCUT2D eigenvalue weighted by atomic mass is 9.76. The van der Waals surface area contributed by atoms with E-state index in [1.807, 2.05) is 0 Å². The number of hydrogen-bond acceptors (Lipinski definition) is 3. The Morgan fingerprint density at radius 2 is 2.33 bits per heavy atom. The van der Waals surface area contributed by atoms with Crippen molar-refractivity contribution in [1.82, 2.24) is 0 Å². The van der Waals surface area contributed by atoms with Crippen LogP contribution in [-0.2, 0) is 4.74 Å². The van der Waals surface area contributed by atoms with Gasteiger partial charge in [-0.25, -0.2) is 0 Å². The van der Waals surface area contributed by atoms with Gasteiger partial charge in [0.05, 0.1) is 23.8 Å². The lowest BCUT2D eigenvalue weighted by molar-refractivity contribution is -0.0506. The zero-order valence-electron chi connectivity index (χ0n) is 9.70. The molecule has 0 bridgehead atoms. The first-order chi connectivity index (χ1) is 8.59. The van der Waals surface area contributed by atoms with E-state index in [1.165, 1.54) is 0 Å². The van der Waals surface area contributed by atoms with Gasteiger partial charge < -0.3 is 9.84 Å². The summed E-state index contributed by atoms with van der Waals surface area (Å²) in [5, 5.41) is 20.4. The molecule has 0 aliphatic carbocycles. The quantitative estimate of drug-likeness (QED) is 0.903. The Morgan fingerprint density at radius 3 is 2.89 bits per heavy atom. The highest BCUT2D eigenvalue weighted by atomic mass is 79.9. The van der Waals surface area contributed by atoms with Crippen LogP contribution in [0.1, 0.15) is 24.5 Å². The van der Waals surface area contributed by atoms with E-state index < -0.39 is 11.5 Å². The summed E-state index contributed by atoms with van der Waals surface area (Å²) < 4.78 is 6.07. The molecular weight excluding hydrogens is 318 g/mol. The molecule has 0 saturated carbocycles. The van der Waals surface area contributed by atoms with Gasteiger partial charge in [-0.1, -0.05) is 17.7 Å². The zero-order chi connectivity index (χ0) is 13.2. The van der Waals surface area contributed by atoms with E-state index >= 15 is 0 Å². The summed E-state index contributed by atoms with van der Waals surface area (Å²) in [6.07, 6.45) is 0.570. The average Bonchev–Trinajstić information content (AvgIpc) is 2.42. The molecule has 1 aliphatic heterocycles. The molecule has 18 heavy (non-hydrogen) atoms. The third kappa shape index (κ3) is 2.55. The molecule has 5 heteroatoms. The molecule has 0 radical (unpaired) electrons. The van der Waals surface area contributed by atoms with E-state index in [1.54, 1.807) is 18.2 Å². The van der Waals surface area contributed by atoms with Gasteiger partial charge in [0, 0.05) is 11.1 Å². The normalized spacial score (nSPS) is 25.4. The van der Waals surface area contributed by atoms with Crippen LogP contribution in [0.2, 0.25) is 5.02 Å². The minimum Gasteiger partial charge on any atom is -0.387 e. The predicted octanol–water partition coefficient (Wildman–Crippen LogP) is 3.46. The minimum absolute atomic E-state index is 0.269. The monoisotopic (exact) mass is 329 g/mol. The molecule has 3 nitrogen and oxygen atoms in total. The molecule has 1 aromatic carbocycles. The second kappa shape index (κ2) is 5.58. The van der Waals surface area contributed by atoms with Crippen molar-refractivity contribution >= 4 is 27.5 Å². The number of hydrogen-bond donors (Lipinski definition) is 1. The van der Waals surface area contributed by atoms with Crippen LogP contribution >= 0.6 is 27.5 Å². The highest BCUT2D eigenvalue weighted by Crippen LogP contribution is 2.41. The number of aliphatic hydroxyl groups is 1. The Kier molecular flexibility index (Phi) is 4.29. The summed E-state index contributed by atoms with van der Waals surface area (Å²) in [4.78, 5) is 0. The van der Waals surface area contributed by atoms with Gasteiger partial charge >= 0.3 is 0 Å². The van der Waals surface area contributed by atoms with E-state index in [0.29, 0.717) is 28.1 Å². The molecule has 96 valence electrons. The summed E-state index contributed by atoms with van der Waals surface area (Å²) in [5.74, 6) is 0. The third-order valence-electron chi connectivity index (χ3n) is 3.28. The summed E-state index contributed by atoms with van der Waals surface area (Å²) in [7, 11) is 0. The van der Waals surface area contributed by atoms with Crippen molar-refractivity contribution in [3.8, 4) is 6.07 Å². The lowest BCUT2D eigenvalue weighted by Gasteiger charge is -2.35.